The van der Waals surface area contributed by atoms with Gasteiger partial charge in [-0.3, -0.25) is 4.79 Å². The molecule has 0 aliphatic heterocycles. The smallest absolute Gasteiger partial charge is 0.287 e. The Hall–Kier alpha value is -0.770. The number of benzene rings is 1. The first-order chi connectivity index (χ1) is 7.03. The van der Waals surface area contributed by atoms with Crippen molar-refractivity contribution in [2.24, 2.45) is 0 Å². The van der Waals surface area contributed by atoms with Gasteiger partial charge in [0, 0.05) is 5.56 Å². The molecule has 1 aromatic rings. The van der Waals surface area contributed by atoms with Crippen LogP contribution in [0, 0.1) is 0 Å². The zero-order valence-electron chi connectivity index (χ0n) is 7.84. The van der Waals surface area contributed by atoms with Gasteiger partial charge in [0.1, 0.15) is 0 Å². The van der Waals surface area contributed by atoms with Crippen molar-refractivity contribution >= 4 is 21.7 Å². The number of alkyl halides is 3. The van der Waals surface area contributed by atoms with Crippen molar-refractivity contribution in [3.63, 3.8) is 0 Å². The largest absolute Gasteiger partial charge is 0.321 e. The van der Waals surface area contributed by atoms with Gasteiger partial charge in [-0.2, -0.15) is 8.78 Å². The highest BCUT2D eigenvalue weighted by molar-refractivity contribution is 9.09. The van der Waals surface area contributed by atoms with Crippen LogP contribution in [0.4, 0.5) is 8.78 Å². The molecule has 1 aliphatic rings. The van der Waals surface area contributed by atoms with Gasteiger partial charge in [-0.15, -0.1) is 0 Å². The minimum absolute atomic E-state index is 0.157. The van der Waals surface area contributed by atoms with E-state index in [9.17, 15) is 13.6 Å². The summed E-state index contributed by atoms with van der Waals surface area (Å²) in [4.78, 5) is 10.5. The van der Waals surface area contributed by atoms with E-state index in [1.165, 1.54) is 6.07 Å². The fourth-order valence-electron chi connectivity index (χ4n) is 1.75. The van der Waals surface area contributed by atoms with E-state index in [2.05, 4.69) is 15.9 Å². The molecule has 0 spiro atoms. The molecule has 80 valence electrons. The topological polar surface area (TPSA) is 17.1 Å². The summed E-state index contributed by atoms with van der Waals surface area (Å²) in [7, 11) is 0. The maximum atomic E-state index is 13.5. The summed E-state index contributed by atoms with van der Waals surface area (Å²) >= 11 is 2.89. The van der Waals surface area contributed by atoms with Crippen molar-refractivity contribution in [2.75, 3.05) is 0 Å². The Labute approximate surface area is 94.6 Å². The first kappa shape index (κ1) is 10.7. The van der Waals surface area contributed by atoms with E-state index < -0.39 is 16.5 Å². The zero-order chi connectivity index (χ0) is 11.1. The third-order valence-corrected chi connectivity index (χ3v) is 3.66. The molecule has 4 heteroatoms. The van der Waals surface area contributed by atoms with Crippen molar-refractivity contribution in [1.29, 1.82) is 0 Å². The summed E-state index contributed by atoms with van der Waals surface area (Å²) in [6, 6.07) is 6.57. The number of ketones is 1. The number of fused-ring (bicyclic) bond motifs is 1. The van der Waals surface area contributed by atoms with E-state index in [4.69, 9.17) is 0 Å². The number of Topliss-reactive ketones (excluding diaryl/α,β-unsaturated/α-hetero) is 1. The Bertz CT molecular complexity index is 403. The van der Waals surface area contributed by atoms with Crippen LogP contribution >= 0.6 is 15.9 Å². The van der Waals surface area contributed by atoms with Gasteiger partial charge in [-0.1, -0.05) is 40.2 Å². The van der Waals surface area contributed by atoms with Crippen molar-refractivity contribution in [2.45, 2.75) is 23.6 Å². The van der Waals surface area contributed by atoms with Crippen LogP contribution in [-0.4, -0.2) is 16.5 Å². The lowest BCUT2D eigenvalue weighted by atomic mass is 10.0. The van der Waals surface area contributed by atoms with E-state index >= 15 is 0 Å². The SMILES string of the molecule is O=C1c2ccccc2CCC(Br)C1(F)F. The summed E-state index contributed by atoms with van der Waals surface area (Å²) in [6.45, 7) is 0. The highest BCUT2D eigenvalue weighted by Gasteiger charge is 2.48. The van der Waals surface area contributed by atoms with Crippen LogP contribution in [0.1, 0.15) is 22.3 Å². The molecule has 1 nitrogen and oxygen atoms in total. The van der Waals surface area contributed by atoms with Crippen LogP contribution < -0.4 is 0 Å². The number of hydrogen-bond acceptors (Lipinski definition) is 1. The van der Waals surface area contributed by atoms with Crippen LogP contribution in [0.3, 0.4) is 0 Å². The minimum Gasteiger partial charge on any atom is -0.287 e. The predicted octanol–water partition coefficient (Wildman–Crippen LogP) is 3.21. The normalized spacial score (nSPS) is 24.5. The molecule has 1 aromatic carbocycles. The maximum absolute atomic E-state index is 13.5. The predicted molar refractivity (Wildman–Crippen MR) is 56.8 cm³/mol. The van der Waals surface area contributed by atoms with Crippen LogP contribution in [0.15, 0.2) is 24.3 Å². The molecule has 0 bridgehead atoms. The fraction of sp³-hybridized carbons (Fsp3) is 0.364. The van der Waals surface area contributed by atoms with E-state index in [1.54, 1.807) is 18.2 Å². The first-order valence-corrected chi connectivity index (χ1v) is 5.59. The van der Waals surface area contributed by atoms with Crippen LogP contribution in [0.5, 0.6) is 0 Å². The van der Waals surface area contributed by atoms with Crippen LogP contribution in [0.25, 0.3) is 0 Å². The number of rotatable bonds is 0. The molecular formula is C11H9BrF2O. The van der Waals surface area contributed by atoms with Gasteiger partial charge in [0.25, 0.3) is 0 Å². The quantitative estimate of drug-likeness (QED) is 0.525. The molecule has 0 fully saturated rings. The second-order valence-electron chi connectivity index (χ2n) is 3.62. The Balaban J connectivity index is 2.53. The lowest BCUT2D eigenvalue weighted by molar-refractivity contribution is 0.0105. The van der Waals surface area contributed by atoms with Crippen molar-refractivity contribution < 1.29 is 13.6 Å². The second-order valence-corrected chi connectivity index (χ2v) is 4.72. The molecule has 0 N–H and O–H groups in total. The second kappa shape index (κ2) is 3.67. The molecule has 1 aliphatic carbocycles. The zero-order valence-corrected chi connectivity index (χ0v) is 9.43. The van der Waals surface area contributed by atoms with Crippen molar-refractivity contribution in [1.82, 2.24) is 0 Å². The standard InChI is InChI=1S/C11H9BrF2O/c12-9-6-5-7-3-1-2-4-8(7)10(15)11(9,13)14/h1-4,9H,5-6H2. The monoisotopic (exact) mass is 274 g/mol. The molecule has 0 saturated heterocycles. The van der Waals surface area contributed by atoms with Gasteiger partial charge in [-0.05, 0) is 18.4 Å². The maximum Gasteiger partial charge on any atom is 0.321 e. The lowest BCUT2D eigenvalue weighted by Gasteiger charge is -2.17. The molecule has 15 heavy (non-hydrogen) atoms. The highest BCUT2D eigenvalue weighted by atomic mass is 79.9. The van der Waals surface area contributed by atoms with E-state index in [0.717, 1.165) is 0 Å². The summed E-state index contributed by atoms with van der Waals surface area (Å²) in [5.74, 6) is -4.37. The Morgan fingerprint density at radius 3 is 2.73 bits per heavy atom. The van der Waals surface area contributed by atoms with Gasteiger partial charge >= 0.3 is 5.92 Å². The average molecular weight is 275 g/mol. The third-order valence-electron chi connectivity index (χ3n) is 2.63. The van der Waals surface area contributed by atoms with Crippen molar-refractivity contribution in [3.05, 3.63) is 35.4 Å². The average Bonchev–Trinajstić information content (AvgIpc) is 2.31. The van der Waals surface area contributed by atoms with E-state index in [-0.39, 0.29) is 12.0 Å². The van der Waals surface area contributed by atoms with Crippen LogP contribution in [0.2, 0.25) is 0 Å². The molecular weight excluding hydrogens is 266 g/mol. The van der Waals surface area contributed by atoms with Gasteiger partial charge < -0.3 is 0 Å². The van der Waals surface area contributed by atoms with E-state index in [0.29, 0.717) is 12.0 Å². The highest BCUT2D eigenvalue weighted by Crippen LogP contribution is 2.36. The van der Waals surface area contributed by atoms with Gasteiger partial charge in [0.15, 0.2) is 0 Å². The Morgan fingerprint density at radius 1 is 1.33 bits per heavy atom. The summed E-state index contributed by atoms with van der Waals surface area (Å²) in [6.07, 6.45) is 0.781. The summed E-state index contributed by atoms with van der Waals surface area (Å²) in [5.41, 5.74) is 0.869. The number of aryl methyl sites for hydroxylation is 1. The molecule has 1 atom stereocenters. The van der Waals surface area contributed by atoms with Gasteiger partial charge in [0.2, 0.25) is 5.78 Å². The molecule has 0 saturated carbocycles. The van der Waals surface area contributed by atoms with Gasteiger partial charge in [-0.25, -0.2) is 0 Å². The molecule has 0 heterocycles. The molecule has 2 rings (SSSR count). The fourth-order valence-corrected chi connectivity index (χ4v) is 2.18. The Morgan fingerprint density at radius 2 is 2.00 bits per heavy atom. The number of carbonyl (C=O) groups excluding carboxylic acids is 1. The summed E-state index contributed by atoms with van der Waals surface area (Å²) < 4.78 is 27.1. The third kappa shape index (κ3) is 1.71. The molecule has 0 aromatic heterocycles. The number of hydrogen-bond donors (Lipinski definition) is 0. The molecule has 0 amide bonds. The molecule has 1 unspecified atom stereocenters. The lowest BCUT2D eigenvalue weighted by Crippen LogP contribution is -2.36. The summed E-state index contributed by atoms with van der Waals surface area (Å²) in [5, 5.41) is 0. The van der Waals surface area contributed by atoms with E-state index in [1.807, 2.05) is 0 Å². The Kier molecular flexibility index (Phi) is 2.63. The number of halogens is 3. The van der Waals surface area contributed by atoms with Crippen LogP contribution in [-0.2, 0) is 6.42 Å². The minimum atomic E-state index is -3.30. The molecule has 0 radical (unpaired) electrons. The first-order valence-electron chi connectivity index (χ1n) is 4.68. The number of carbonyl (C=O) groups is 1. The van der Waals surface area contributed by atoms with Crippen molar-refractivity contribution in [3.8, 4) is 0 Å². The van der Waals surface area contributed by atoms with Gasteiger partial charge in [0.05, 0.1) is 4.83 Å².